The van der Waals surface area contributed by atoms with Crippen LogP contribution in [0.2, 0.25) is 0 Å². The summed E-state index contributed by atoms with van der Waals surface area (Å²) in [5, 5.41) is 7.25. The van der Waals surface area contributed by atoms with Crippen molar-refractivity contribution in [1.82, 2.24) is 15.3 Å². The highest BCUT2D eigenvalue weighted by atomic mass is 16.3. The minimum absolute atomic E-state index is 0.0616. The molecule has 0 unspecified atom stereocenters. The van der Waals surface area contributed by atoms with Gasteiger partial charge in [0, 0.05) is 24.0 Å². The molecule has 0 saturated carbocycles. The van der Waals surface area contributed by atoms with Crippen molar-refractivity contribution in [2.24, 2.45) is 0 Å². The lowest BCUT2D eigenvalue weighted by Gasteiger charge is -2.19. The SMILES string of the molecule is Cc1ccc2nc(-c3ccco3)nc(NCCNC(=O)c3ccc(C(C)(C)C)cc3)c2c1. The average Bonchev–Trinajstić information content (AvgIpc) is 3.31. The molecule has 0 bridgehead atoms. The minimum Gasteiger partial charge on any atom is -0.461 e. The van der Waals surface area contributed by atoms with Crippen molar-refractivity contribution in [2.75, 3.05) is 18.4 Å². The Morgan fingerprint density at radius 2 is 1.78 bits per heavy atom. The second-order valence-corrected chi connectivity index (χ2v) is 8.90. The molecule has 0 fully saturated rings. The normalized spacial score (nSPS) is 11.5. The summed E-state index contributed by atoms with van der Waals surface area (Å²) < 4.78 is 5.47. The Hall–Kier alpha value is -3.67. The van der Waals surface area contributed by atoms with Crippen molar-refractivity contribution in [2.45, 2.75) is 33.1 Å². The minimum atomic E-state index is -0.0908. The van der Waals surface area contributed by atoms with Gasteiger partial charge in [-0.15, -0.1) is 0 Å². The predicted molar refractivity (Wildman–Crippen MR) is 128 cm³/mol. The van der Waals surface area contributed by atoms with Gasteiger partial charge in [-0.25, -0.2) is 9.97 Å². The van der Waals surface area contributed by atoms with E-state index in [1.807, 2.05) is 55.5 Å². The first kappa shape index (κ1) is 21.6. The smallest absolute Gasteiger partial charge is 0.251 e. The largest absolute Gasteiger partial charge is 0.461 e. The van der Waals surface area contributed by atoms with Crippen LogP contribution < -0.4 is 10.6 Å². The Balaban J connectivity index is 1.44. The maximum absolute atomic E-state index is 12.5. The maximum atomic E-state index is 12.5. The fourth-order valence-electron chi connectivity index (χ4n) is 3.47. The number of hydrogen-bond donors (Lipinski definition) is 2. The zero-order valence-electron chi connectivity index (χ0n) is 18.9. The van der Waals surface area contributed by atoms with Gasteiger partial charge in [0.25, 0.3) is 5.91 Å². The van der Waals surface area contributed by atoms with E-state index in [1.54, 1.807) is 6.26 Å². The Morgan fingerprint density at radius 3 is 2.47 bits per heavy atom. The van der Waals surface area contributed by atoms with Gasteiger partial charge in [0.15, 0.2) is 11.6 Å². The lowest BCUT2D eigenvalue weighted by atomic mass is 9.87. The monoisotopic (exact) mass is 428 g/mol. The molecule has 2 aromatic carbocycles. The quantitative estimate of drug-likeness (QED) is 0.405. The van der Waals surface area contributed by atoms with Crippen LogP contribution in [0.1, 0.15) is 42.3 Å². The lowest BCUT2D eigenvalue weighted by Crippen LogP contribution is -2.29. The van der Waals surface area contributed by atoms with Crippen molar-refractivity contribution in [3.63, 3.8) is 0 Å². The number of hydrogen-bond acceptors (Lipinski definition) is 5. The maximum Gasteiger partial charge on any atom is 0.251 e. The van der Waals surface area contributed by atoms with Crippen molar-refractivity contribution < 1.29 is 9.21 Å². The summed E-state index contributed by atoms with van der Waals surface area (Å²) in [6.45, 7) is 9.50. The molecule has 0 aliphatic carbocycles. The Bertz CT molecular complexity index is 1220. The summed E-state index contributed by atoms with van der Waals surface area (Å²) in [6.07, 6.45) is 1.61. The number of aromatic nitrogens is 2. The molecule has 0 atom stereocenters. The van der Waals surface area contributed by atoms with Crippen molar-refractivity contribution >= 4 is 22.6 Å². The molecular formula is C26H28N4O2. The highest BCUT2D eigenvalue weighted by Crippen LogP contribution is 2.26. The second kappa shape index (κ2) is 8.83. The molecule has 32 heavy (non-hydrogen) atoms. The number of rotatable bonds is 6. The van der Waals surface area contributed by atoms with Crippen LogP contribution in [-0.4, -0.2) is 29.0 Å². The van der Waals surface area contributed by atoms with Crippen LogP contribution in [0.5, 0.6) is 0 Å². The van der Waals surface area contributed by atoms with E-state index in [1.165, 1.54) is 5.56 Å². The van der Waals surface area contributed by atoms with Crippen LogP contribution in [0.3, 0.4) is 0 Å². The second-order valence-electron chi connectivity index (χ2n) is 8.90. The lowest BCUT2D eigenvalue weighted by molar-refractivity contribution is 0.0955. The van der Waals surface area contributed by atoms with E-state index in [-0.39, 0.29) is 11.3 Å². The number of carbonyl (C=O) groups excluding carboxylic acids is 1. The first-order chi connectivity index (χ1) is 15.3. The molecule has 2 N–H and O–H groups in total. The van der Waals surface area contributed by atoms with Gasteiger partial charge in [-0.3, -0.25) is 4.79 Å². The highest BCUT2D eigenvalue weighted by molar-refractivity contribution is 5.94. The van der Waals surface area contributed by atoms with Gasteiger partial charge in [-0.05, 0) is 54.3 Å². The van der Waals surface area contributed by atoms with E-state index in [2.05, 4.69) is 47.4 Å². The number of amides is 1. The number of fused-ring (bicyclic) bond motifs is 1. The predicted octanol–water partition coefficient (Wildman–Crippen LogP) is 5.34. The molecule has 0 saturated heterocycles. The van der Waals surface area contributed by atoms with Gasteiger partial charge in [-0.2, -0.15) is 0 Å². The molecule has 0 aliphatic rings. The number of anilines is 1. The van der Waals surface area contributed by atoms with E-state index in [0.29, 0.717) is 36.1 Å². The summed E-state index contributed by atoms with van der Waals surface area (Å²) in [5.41, 5.74) is 3.88. The van der Waals surface area contributed by atoms with Crippen LogP contribution in [0.4, 0.5) is 5.82 Å². The highest BCUT2D eigenvalue weighted by Gasteiger charge is 2.15. The molecule has 2 aromatic heterocycles. The van der Waals surface area contributed by atoms with Crippen LogP contribution in [0, 0.1) is 6.92 Å². The van der Waals surface area contributed by atoms with Gasteiger partial charge < -0.3 is 15.1 Å². The fourth-order valence-corrected chi connectivity index (χ4v) is 3.47. The number of carbonyl (C=O) groups is 1. The van der Waals surface area contributed by atoms with E-state index >= 15 is 0 Å². The third-order valence-corrected chi connectivity index (χ3v) is 5.31. The van der Waals surface area contributed by atoms with E-state index in [9.17, 15) is 4.79 Å². The van der Waals surface area contributed by atoms with E-state index in [0.717, 1.165) is 16.5 Å². The molecule has 6 nitrogen and oxygen atoms in total. The van der Waals surface area contributed by atoms with Gasteiger partial charge in [0.2, 0.25) is 0 Å². The van der Waals surface area contributed by atoms with Crippen LogP contribution in [-0.2, 0) is 5.41 Å². The summed E-state index contributed by atoms with van der Waals surface area (Å²) in [6, 6.07) is 17.5. The standard InChI is InChI=1S/C26H28N4O2/c1-17-7-12-21-20(16-17)23(30-24(29-21)22-6-5-15-32-22)27-13-14-28-25(31)18-8-10-19(11-9-18)26(2,3)4/h5-12,15-16H,13-14H2,1-4H3,(H,28,31)(H,27,29,30). The van der Waals surface area contributed by atoms with Gasteiger partial charge >= 0.3 is 0 Å². The molecule has 6 heteroatoms. The zero-order chi connectivity index (χ0) is 22.7. The van der Waals surface area contributed by atoms with Crippen LogP contribution in [0.25, 0.3) is 22.5 Å². The number of furan rings is 1. The Morgan fingerprint density at radius 1 is 1.00 bits per heavy atom. The van der Waals surface area contributed by atoms with E-state index < -0.39 is 0 Å². The molecule has 0 spiro atoms. The van der Waals surface area contributed by atoms with Gasteiger partial charge in [0.05, 0.1) is 11.8 Å². The van der Waals surface area contributed by atoms with Crippen LogP contribution in [0.15, 0.2) is 65.3 Å². The molecular weight excluding hydrogens is 400 g/mol. The van der Waals surface area contributed by atoms with Crippen molar-refractivity contribution in [1.29, 1.82) is 0 Å². The Kier molecular flexibility index (Phi) is 5.95. The number of nitrogens with one attached hydrogen (secondary N) is 2. The van der Waals surface area contributed by atoms with Gasteiger partial charge in [-0.1, -0.05) is 44.5 Å². The summed E-state index contributed by atoms with van der Waals surface area (Å²) in [7, 11) is 0. The molecule has 164 valence electrons. The van der Waals surface area contributed by atoms with Crippen molar-refractivity contribution in [3.05, 3.63) is 77.6 Å². The number of aryl methyl sites for hydroxylation is 1. The number of nitrogens with zero attached hydrogens (tertiary/aromatic N) is 2. The molecule has 4 aromatic rings. The van der Waals surface area contributed by atoms with Crippen molar-refractivity contribution in [3.8, 4) is 11.6 Å². The topological polar surface area (TPSA) is 80.1 Å². The average molecular weight is 429 g/mol. The zero-order valence-corrected chi connectivity index (χ0v) is 18.9. The van der Waals surface area contributed by atoms with Crippen LogP contribution >= 0.6 is 0 Å². The third kappa shape index (κ3) is 4.80. The summed E-state index contributed by atoms with van der Waals surface area (Å²) >= 11 is 0. The fraction of sp³-hybridized carbons (Fsp3) is 0.269. The number of benzene rings is 2. The Labute approximate surface area is 188 Å². The molecule has 4 rings (SSSR count). The van der Waals surface area contributed by atoms with Gasteiger partial charge in [0.1, 0.15) is 5.82 Å². The summed E-state index contributed by atoms with van der Waals surface area (Å²) in [5.74, 6) is 1.76. The molecule has 0 aliphatic heterocycles. The first-order valence-corrected chi connectivity index (χ1v) is 10.8. The first-order valence-electron chi connectivity index (χ1n) is 10.8. The third-order valence-electron chi connectivity index (χ3n) is 5.31. The molecule has 2 heterocycles. The molecule has 0 radical (unpaired) electrons. The molecule has 1 amide bonds. The summed E-state index contributed by atoms with van der Waals surface area (Å²) in [4.78, 5) is 21.8. The van der Waals surface area contributed by atoms with E-state index in [4.69, 9.17) is 4.42 Å².